The van der Waals surface area contributed by atoms with Gasteiger partial charge in [0.25, 0.3) is 0 Å². The van der Waals surface area contributed by atoms with Gasteiger partial charge in [-0.3, -0.25) is 5.10 Å². The smallest absolute Gasteiger partial charge is 0.0835 e. The molecule has 1 heterocycles. The van der Waals surface area contributed by atoms with Gasteiger partial charge in [-0.05, 0) is 13.0 Å². The van der Waals surface area contributed by atoms with E-state index in [0.717, 1.165) is 11.3 Å². The lowest BCUT2D eigenvalue weighted by atomic mass is 9.87. The van der Waals surface area contributed by atoms with Crippen LogP contribution in [0.5, 0.6) is 0 Å². The fourth-order valence-corrected chi connectivity index (χ4v) is 1.46. The van der Waals surface area contributed by atoms with Crippen LogP contribution < -0.4 is 5.73 Å². The molecule has 80 valence electrons. The van der Waals surface area contributed by atoms with E-state index in [1.807, 2.05) is 0 Å². The van der Waals surface area contributed by atoms with E-state index >= 15 is 0 Å². The Labute approximate surface area is 84.5 Å². The second-order valence-corrected chi connectivity index (χ2v) is 4.54. The van der Waals surface area contributed by atoms with Crippen molar-refractivity contribution >= 4 is 0 Å². The van der Waals surface area contributed by atoms with Crippen molar-refractivity contribution in [3.8, 4) is 0 Å². The standard InChI is InChI=1S/C10H19N3O/c1-10(2,3)9-7(6-12-13-9)8(14)4-5-11/h6,8,14H,4-5,11H2,1-3H3,(H,12,13). The van der Waals surface area contributed by atoms with Crippen LogP contribution in [0.4, 0.5) is 0 Å². The Kier molecular flexibility index (Phi) is 3.29. The SMILES string of the molecule is CC(C)(C)c1[nH]ncc1C(O)CCN. The first-order chi connectivity index (χ1) is 6.46. The lowest BCUT2D eigenvalue weighted by molar-refractivity contribution is 0.168. The van der Waals surface area contributed by atoms with Gasteiger partial charge in [-0.1, -0.05) is 20.8 Å². The molecule has 0 aliphatic heterocycles. The van der Waals surface area contributed by atoms with Gasteiger partial charge in [0.05, 0.1) is 12.3 Å². The number of aliphatic hydroxyl groups excluding tert-OH is 1. The van der Waals surface area contributed by atoms with Gasteiger partial charge in [0.1, 0.15) is 0 Å². The maximum absolute atomic E-state index is 9.81. The van der Waals surface area contributed by atoms with Crippen molar-refractivity contribution in [1.29, 1.82) is 0 Å². The van der Waals surface area contributed by atoms with Gasteiger partial charge in [0.2, 0.25) is 0 Å². The maximum atomic E-state index is 9.81. The number of aliphatic hydroxyl groups is 1. The zero-order valence-corrected chi connectivity index (χ0v) is 9.04. The summed E-state index contributed by atoms with van der Waals surface area (Å²) >= 11 is 0. The molecule has 0 radical (unpaired) electrons. The van der Waals surface area contributed by atoms with Crippen LogP contribution in [0.1, 0.15) is 44.6 Å². The number of nitrogens with two attached hydrogens (primary N) is 1. The van der Waals surface area contributed by atoms with Gasteiger partial charge in [-0.2, -0.15) is 5.10 Å². The lowest BCUT2D eigenvalue weighted by Crippen LogP contribution is -2.17. The van der Waals surface area contributed by atoms with Gasteiger partial charge in [-0.25, -0.2) is 0 Å². The average Bonchev–Trinajstić information content (AvgIpc) is 2.50. The third kappa shape index (κ3) is 2.33. The molecular weight excluding hydrogens is 178 g/mol. The van der Waals surface area contributed by atoms with Gasteiger partial charge in [0.15, 0.2) is 0 Å². The predicted molar refractivity (Wildman–Crippen MR) is 55.9 cm³/mol. The minimum Gasteiger partial charge on any atom is -0.388 e. The van der Waals surface area contributed by atoms with E-state index in [1.54, 1.807) is 6.20 Å². The summed E-state index contributed by atoms with van der Waals surface area (Å²) in [4.78, 5) is 0. The Hall–Kier alpha value is -0.870. The summed E-state index contributed by atoms with van der Waals surface area (Å²) in [6.07, 6.45) is 1.75. The van der Waals surface area contributed by atoms with E-state index in [-0.39, 0.29) is 5.41 Å². The quantitative estimate of drug-likeness (QED) is 0.679. The highest BCUT2D eigenvalue weighted by molar-refractivity contribution is 5.25. The number of rotatable bonds is 3. The number of H-pyrrole nitrogens is 1. The Balaban J connectivity index is 2.93. The molecule has 4 N–H and O–H groups in total. The van der Waals surface area contributed by atoms with Crippen molar-refractivity contribution in [1.82, 2.24) is 10.2 Å². The Morgan fingerprint density at radius 1 is 1.57 bits per heavy atom. The number of nitrogens with one attached hydrogen (secondary N) is 1. The first-order valence-electron chi connectivity index (χ1n) is 4.88. The topological polar surface area (TPSA) is 74.9 Å². The summed E-state index contributed by atoms with van der Waals surface area (Å²) < 4.78 is 0. The number of nitrogens with zero attached hydrogens (tertiary/aromatic N) is 1. The van der Waals surface area contributed by atoms with Gasteiger partial charge in [0, 0.05) is 16.7 Å². The molecule has 1 rings (SSSR count). The molecular formula is C10H19N3O. The van der Waals surface area contributed by atoms with E-state index in [9.17, 15) is 5.11 Å². The summed E-state index contributed by atoms with van der Waals surface area (Å²) in [6.45, 7) is 6.73. The fraction of sp³-hybridized carbons (Fsp3) is 0.700. The molecule has 0 saturated heterocycles. The number of hydrogen-bond donors (Lipinski definition) is 3. The van der Waals surface area contributed by atoms with Crippen LogP contribution in [0.15, 0.2) is 6.20 Å². The van der Waals surface area contributed by atoms with Gasteiger partial charge in [-0.15, -0.1) is 0 Å². The van der Waals surface area contributed by atoms with Gasteiger partial charge < -0.3 is 10.8 Å². The molecule has 4 heteroatoms. The van der Waals surface area contributed by atoms with Crippen LogP contribution in [0, 0.1) is 0 Å². The molecule has 0 spiro atoms. The van der Waals surface area contributed by atoms with Crippen molar-refractivity contribution in [2.75, 3.05) is 6.54 Å². The van der Waals surface area contributed by atoms with E-state index in [4.69, 9.17) is 5.73 Å². The monoisotopic (exact) mass is 197 g/mol. The molecule has 1 aromatic heterocycles. The maximum Gasteiger partial charge on any atom is 0.0835 e. The predicted octanol–water partition coefficient (Wildman–Crippen LogP) is 1.09. The highest BCUT2D eigenvalue weighted by Crippen LogP contribution is 2.28. The molecule has 1 atom stereocenters. The van der Waals surface area contributed by atoms with E-state index < -0.39 is 6.10 Å². The molecule has 0 amide bonds. The lowest BCUT2D eigenvalue weighted by Gasteiger charge is -2.20. The van der Waals surface area contributed by atoms with Crippen LogP contribution >= 0.6 is 0 Å². The fourth-order valence-electron chi connectivity index (χ4n) is 1.46. The van der Waals surface area contributed by atoms with Gasteiger partial charge >= 0.3 is 0 Å². The second-order valence-electron chi connectivity index (χ2n) is 4.54. The summed E-state index contributed by atoms with van der Waals surface area (Å²) in [5, 5.41) is 16.7. The molecule has 1 aromatic rings. The Morgan fingerprint density at radius 2 is 2.21 bits per heavy atom. The van der Waals surface area contributed by atoms with Crippen LogP contribution in [-0.2, 0) is 5.41 Å². The summed E-state index contributed by atoms with van der Waals surface area (Å²) in [6, 6.07) is 0. The minimum atomic E-state index is -0.507. The van der Waals surface area contributed by atoms with Crippen molar-refractivity contribution in [2.24, 2.45) is 5.73 Å². The average molecular weight is 197 g/mol. The van der Waals surface area contributed by atoms with E-state index in [2.05, 4.69) is 31.0 Å². The molecule has 14 heavy (non-hydrogen) atoms. The Morgan fingerprint density at radius 3 is 2.71 bits per heavy atom. The molecule has 0 bridgehead atoms. The molecule has 0 saturated carbocycles. The number of aromatic nitrogens is 2. The molecule has 4 nitrogen and oxygen atoms in total. The number of aromatic amines is 1. The molecule has 0 aliphatic rings. The van der Waals surface area contributed by atoms with E-state index in [1.165, 1.54) is 0 Å². The van der Waals surface area contributed by atoms with Crippen molar-refractivity contribution in [3.63, 3.8) is 0 Å². The van der Waals surface area contributed by atoms with E-state index in [0.29, 0.717) is 13.0 Å². The van der Waals surface area contributed by atoms with Crippen LogP contribution in [-0.4, -0.2) is 21.8 Å². The first-order valence-corrected chi connectivity index (χ1v) is 4.88. The Bertz CT molecular complexity index is 288. The molecule has 0 aliphatic carbocycles. The number of hydrogen-bond acceptors (Lipinski definition) is 3. The largest absolute Gasteiger partial charge is 0.388 e. The summed E-state index contributed by atoms with van der Waals surface area (Å²) in [5.74, 6) is 0. The zero-order valence-electron chi connectivity index (χ0n) is 9.04. The van der Waals surface area contributed by atoms with Crippen molar-refractivity contribution in [3.05, 3.63) is 17.5 Å². The van der Waals surface area contributed by atoms with Crippen LogP contribution in [0.2, 0.25) is 0 Å². The summed E-state index contributed by atoms with van der Waals surface area (Å²) in [7, 11) is 0. The van der Waals surface area contributed by atoms with Crippen molar-refractivity contribution in [2.45, 2.75) is 38.7 Å². The third-order valence-electron chi connectivity index (χ3n) is 2.22. The van der Waals surface area contributed by atoms with Crippen molar-refractivity contribution < 1.29 is 5.11 Å². The third-order valence-corrected chi connectivity index (χ3v) is 2.22. The zero-order chi connectivity index (χ0) is 10.8. The molecule has 0 aromatic carbocycles. The normalized spacial score (nSPS) is 14.4. The highest BCUT2D eigenvalue weighted by Gasteiger charge is 2.23. The van der Waals surface area contributed by atoms with Crippen LogP contribution in [0.3, 0.4) is 0 Å². The summed E-state index contributed by atoms with van der Waals surface area (Å²) in [5.41, 5.74) is 7.23. The highest BCUT2D eigenvalue weighted by atomic mass is 16.3. The molecule has 1 unspecified atom stereocenters. The molecule has 0 fully saturated rings. The first kappa shape index (κ1) is 11.2. The minimum absolute atomic E-state index is 0.0264. The van der Waals surface area contributed by atoms with Crippen LogP contribution in [0.25, 0.3) is 0 Å². The second kappa shape index (κ2) is 4.11.